The first-order chi connectivity index (χ1) is 17.9. The van der Waals surface area contributed by atoms with Crippen LogP contribution in [0.3, 0.4) is 0 Å². The molecule has 1 saturated heterocycles. The fourth-order valence-electron chi connectivity index (χ4n) is 6.96. The van der Waals surface area contributed by atoms with Crippen LogP contribution in [0.2, 0.25) is 0 Å². The van der Waals surface area contributed by atoms with Crippen molar-refractivity contribution in [2.75, 3.05) is 13.1 Å². The van der Waals surface area contributed by atoms with Gasteiger partial charge in [0.05, 0.1) is 5.60 Å². The number of unbranched alkanes of at least 4 members (excludes halogenated alkanes) is 1. The fourth-order valence-corrected chi connectivity index (χ4v) is 6.96. The monoisotopic (exact) mass is 503 g/mol. The highest BCUT2D eigenvalue weighted by Crippen LogP contribution is 2.44. The Kier molecular flexibility index (Phi) is 9.87. The number of amides is 1. The van der Waals surface area contributed by atoms with Crippen molar-refractivity contribution < 1.29 is 9.90 Å². The van der Waals surface area contributed by atoms with Crippen LogP contribution in [0.4, 0.5) is 0 Å². The molecule has 1 heterocycles. The molecule has 1 aliphatic carbocycles. The molecule has 37 heavy (non-hydrogen) atoms. The average molecular weight is 504 g/mol. The maximum Gasteiger partial charge on any atom is 0.225 e. The van der Waals surface area contributed by atoms with Gasteiger partial charge in [-0.1, -0.05) is 93.8 Å². The number of hydrogen-bond donors (Lipinski definition) is 1. The lowest BCUT2D eigenvalue weighted by Gasteiger charge is -2.41. The van der Waals surface area contributed by atoms with E-state index in [-0.39, 0.29) is 17.3 Å². The molecule has 2 aromatic rings. The van der Waals surface area contributed by atoms with E-state index in [2.05, 4.69) is 79.4 Å². The van der Waals surface area contributed by atoms with Crippen molar-refractivity contribution in [3.63, 3.8) is 0 Å². The van der Waals surface area contributed by atoms with E-state index >= 15 is 0 Å². The van der Waals surface area contributed by atoms with Gasteiger partial charge in [0.2, 0.25) is 5.91 Å². The lowest BCUT2D eigenvalue weighted by molar-refractivity contribution is -0.138. The van der Waals surface area contributed by atoms with Crippen LogP contribution in [0.15, 0.2) is 60.7 Å². The van der Waals surface area contributed by atoms with Crippen LogP contribution >= 0.6 is 0 Å². The van der Waals surface area contributed by atoms with E-state index in [4.69, 9.17) is 0 Å². The highest BCUT2D eigenvalue weighted by Gasteiger charge is 2.41. The van der Waals surface area contributed by atoms with Gasteiger partial charge in [0.25, 0.3) is 0 Å². The Balaban J connectivity index is 1.59. The zero-order valence-corrected chi connectivity index (χ0v) is 23.3. The smallest absolute Gasteiger partial charge is 0.225 e. The van der Waals surface area contributed by atoms with Crippen molar-refractivity contribution in [2.45, 2.75) is 108 Å². The van der Waals surface area contributed by atoms with Crippen molar-refractivity contribution >= 4 is 5.91 Å². The van der Waals surface area contributed by atoms with Gasteiger partial charge in [-0.3, -0.25) is 4.79 Å². The predicted octanol–water partition coefficient (Wildman–Crippen LogP) is 7.71. The van der Waals surface area contributed by atoms with Crippen LogP contribution < -0.4 is 0 Å². The molecular formula is C34H49NO2. The summed E-state index contributed by atoms with van der Waals surface area (Å²) >= 11 is 0. The predicted molar refractivity (Wildman–Crippen MR) is 154 cm³/mol. The molecule has 2 aliphatic rings. The van der Waals surface area contributed by atoms with Crippen LogP contribution in [-0.4, -0.2) is 34.6 Å². The van der Waals surface area contributed by atoms with E-state index in [1.165, 1.54) is 36.8 Å². The Hall–Kier alpha value is -2.13. The molecule has 3 atom stereocenters. The first-order valence-electron chi connectivity index (χ1n) is 15.1. The second kappa shape index (κ2) is 13.1. The largest absolute Gasteiger partial charge is 0.390 e. The molecule has 202 valence electrons. The van der Waals surface area contributed by atoms with Crippen molar-refractivity contribution in [2.24, 2.45) is 11.8 Å². The molecule has 3 nitrogen and oxygen atoms in total. The van der Waals surface area contributed by atoms with Gasteiger partial charge >= 0.3 is 0 Å². The third-order valence-corrected chi connectivity index (χ3v) is 9.56. The van der Waals surface area contributed by atoms with Gasteiger partial charge in [-0.15, -0.1) is 0 Å². The molecule has 0 aromatic heterocycles. The number of nitrogens with zero attached hydrogens (tertiary/aromatic N) is 1. The first-order valence-corrected chi connectivity index (χ1v) is 15.1. The standard InChI is InChI=1S/C34H49NO2/c1-3-4-20-33(31-17-9-6-10-18-31)21-11-16-30(27-34(37)23-12-24-34)28(2)32(36)35(25-13-22-33)26-19-29-14-7-5-8-15-29/h5-10,14-15,17-18,28,30,37H,3-4,11-13,16,19-27H2,1-2H3/t28?,30?,33-/m0/s1. The fraction of sp³-hybridized carbons (Fsp3) is 0.618. The summed E-state index contributed by atoms with van der Waals surface area (Å²) < 4.78 is 0. The van der Waals surface area contributed by atoms with E-state index in [1.54, 1.807) is 0 Å². The lowest BCUT2D eigenvalue weighted by atomic mass is 9.68. The van der Waals surface area contributed by atoms with Crippen molar-refractivity contribution in [1.82, 2.24) is 4.90 Å². The Morgan fingerprint density at radius 2 is 1.59 bits per heavy atom. The summed E-state index contributed by atoms with van der Waals surface area (Å²) in [5, 5.41) is 11.1. The number of aliphatic hydroxyl groups is 1. The highest BCUT2D eigenvalue weighted by molar-refractivity contribution is 5.78. The third kappa shape index (κ3) is 7.25. The van der Waals surface area contributed by atoms with Crippen LogP contribution in [0.25, 0.3) is 0 Å². The molecule has 2 fully saturated rings. The van der Waals surface area contributed by atoms with Crippen molar-refractivity contribution in [3.05, 3.63) is 71.8 Å². The molecule has 3 heteroatoms. The van der Waals surface area contributed by atoms with Gasteiger partial charge in [0, 0.05) is 19.0 Å². The molecule has 4 rings (SSSR count). The minimum atomic E-state index is -0.549. The van der Waals surface area contributed by atoms with Gasteiger partial charge < -0.3 is 10.0 Å². The van der Waals surface area contributed by atoms with E-state index in [0.717, 1.165) is 70.9 Å². The minimum Gasteiger partial charge on any atom is -0.390 e. The maximum atomic E-state index is 13.9. The van der Waals surface area contributed by atoms with Crippen LogP contribution in [0.1, 0.15) is 102 Å². The molecule has 0 bridgehead atoms. The number of carbonyl (C=O) groups is 1. The highest BCUT2D eigenvalue weighted by atomic mass is 16.3. The molecule has 1 amide bonds. The van der Waals surface area contributed by atoms with Gasteiger partial charge in [0.1, 0.15) is 0 Å². The van der Waals surface area contributed by atoms with E-state index in [1.807, 2.05) is 0 Å². The molecule has 1 saturated carbocycles. The Morgan fingerprint density at radius 3 is 2.24 bits per heavy atom. The van der Waals surface area contributed by atoms with E-state index in [0.29, 0.717) is 5.91 Å². The Bertz CT molecular complexity index is 954. The van der Waals surface area contributed by atoms with Crippen LogP contribution in [0.5, 0.6) is 0 Å². The van der Waals surface area contributed by atoms with Crippen LogP contribution in [-0.2, 0) is 16.6 Å². The summed E-state index contributed by atoms with van der Waals surface area (Å²) in [6, 6.07) is 21.8. The maximum absolute atomic E-state index is 13.9. The zero-order chi connectivity index (χ0) is 26.1. The summed E-state index contributed by atoms with van der Waals surface area (Å²) in [5.41, 5.74) is 2.40. The molecular weight excluding hydrogens is 454 g/mol. The molecule has 1 N–H and O–H groups in total. The Morgan fingerprint density at radius 1 is 0.919 bits per heavy atom. The molecule has 0 radical (unpaired) electrons. The molecule has 1 aliphatic heterocycles. The lowest BCUT2D eigenvalue weighted by Crippen LogP contribution is -2.44. The SMILES string of the molecule is CCCC[C@]1(c2ccccc2)CCCC(CC2(O)CCC2)C(C)C(=O)N(CCc2ccccc2)CCC1. The van der Waals surface area contributed by atoms with E-state index in [9.17, 15) is 9.90 Å². The number of rotatable bonds is 9. The molecule has 2 unspecified atom stereocenters. The summed E-state index contributed by atoms with van der Waals surface area (Å²) in [5.74, 6) is 0.500. The normalized spacial score (nSPS) is 26.8. The van der Waals surface area contributed by atoms with Crippen molar-refractivity contribution in [1.29, 1.82) is 0 Å². The van der Waals surface area contributed by atoms with Crippen LogP contribution in [0, 0.1) is 11.8 Å². The summed E-state index contributed by atoms with van der Waals surface area (Å²) in [6.07, 6.45) is 13.8. The van der Waals surface area contributed by atoms with Gasteiger partial charge in [-0.05, 0) is 86.7 Å². The molecule has 2 aromatic carbocycles. The molecule has 0 spiro atoms. The topological polar surface area (TPSA) is 40.5 Å². The minimum absolute atomic E-state index is 0.0414. The van der Waals surface area contributed by atoms with Gasteiger partial charge in [-0.2, -0.15) is 0 Å². The first kappa shape index (κ1) is 27.9. The summed E-state index contributed by atoms with van der Waals surface area (Å²) in [6.45, 7) is 6.04. The van der Waals surface area contributed by atoms with Gasteiger partial charge in [0.15, 0.2) is 0 Å². The quantitative estimate of drug-likeness (QED) is 0.381. The summed E-state index contributed by atoms with van der Waals surface area (Å²) in [4.78, 5) is 16.1. The third-order valence-electron chi connectivity index (χ3n) is 9.56. The number of carbonyl (C=O) groups excluding carboxylic acids is 1. The number of benzene rings is 2. The Labute approximate surface area is 225 Å². The number of hydrogen-bond acceptors (Lipinski definition) is 2. The second-order valence-electron chi connectivity index (χ2n) is 12.1. The van der Waals surface area contributed by atoms with E-state index < -0.39 is 5.60 Å². The average Bonchev–Trinajstić information content (AvgIpc) is 2.93. The summed E-state index contributed by atoms with van der Waals surface area (Å²) in [7, 11) is 0. The van der Waals surface area contributed by atoms with Crippen molar-refractivity contribution in [3.8, 4) is 0 Å². The second-order valence-corrected chi connectivity index (χ2v) is 12.1. The van der Waals surface area contributed by atoms with Gasteiger partial charge in [-0.25, -0.2) is 0 Å². The zero-order valence-electron chi connectivity index (χ0n) is 23.3.